The zero-order valence-corrected chi connectivity index (χ0v) is 18.7. The maximum absolute atomic E-state index is 13.0. The number of nitriles is 1. The molecule has 0 radical (unpaired) electrons. The summed E-state index contributed by atoms with van der Waals surface area (Å²) in [5.41, 5.74) is 3.26. The first-order chi connectivity index (χ1) is 15.5. The van der Waals surface area contributed by atoms with E-state index in [0.717, 1.165) is 16.8 Å². The van der Waals surface area contributed by atoms with Gasteiger partial charge in [-0.2, -0.15) is 5.26 Å². The number of ether oxygens (including phenoxy) is 1. The van der Waals surface area contributed by atoms with Crippen LogP contribution in [0.4, 0.5) is 5.69 Å². The minimum Gasteiger partial charge on any atom is -0.487 e. The predicted molar refractivity (Wildman–Crippen MR) is 129 cm³/mol. The Bertz CT molecular complexity index is 1270. The summed E-state index contributed by atoms with van der Waals surface area (Å²) in [6.07, 6.45) is 1.75. The van der Waals surface area contributed by atoms with Gasteiger partial charge in [0.25, 0.3) is 5.91 Å². The van der Waals surface area contributed by atoms with Crippen molar-refractivity contribution in [2.24, 2.45) is 0 Å². The molecule has 32 heavy (non-hydrogen) atoms. The maximum Gasteiger partial charge on any atom is 0.281 e. The number of nitrogens with zero attached hydrogens (tertiary/aromatic N) is 3. The van der Waals surface area contributed by atoms with E-state index < -0.39 is 0 Å². The summed E-state index contributed by atoms with van der Waals surface area (Å²) in [5.74, 6) is 0.294. The third-order valence-corrected chi connectivity index (χ3v) is 5.81. The van der Waals surface area contributed by atoms with Crippen LogP contribution in [0.25, 0.3) is 6.08 Å². The van der Waals surface area contributed by atoms with Crippen molar-refractivity contribution >= 4 is 46.6 Å². The van der Waals surface area contributed by atoms with Crippen LogP contribution in [0.15, 0.2) is 78.5 Å². The fourth-order valence-electron chi connectivity index (χ4n) is 3.35. The molecule has 1 heterocycles. The van der Waals surface area contributed by atoms with E-state index in [4.69, 9.17) is 28.6 Å². The zero-order chi connectivity index (χ0) is 22.7. The second kappa shape index (κ2) is 9.23. The van der Waals surface area contributed by atoms with E-state index in [-0.39, 0.29) is 12.5 Å². The first-order valence-electron chi connectivity index (χ1n) is 9.79. The minimum absolute atomic E-state index is 0.201. The normalized spacial score (nSPS) is 14.7. The van der Waals surface area contributed by atoms with Crippen LogP contribution in [0.5, 0.6) is 5.75 Å². The average molecular weight is 460 g/mol. The summed E-state index contributed by atoms with van der Waals surface area (Å²) in [5, 5.41) is 10.0. The minimum atomic E-state index is -0.201. The van der Waals surface area contributed by atoms with Gasteiger partial charge in [-0.3, -0.25) is 9.69 Å². The molecule has 0 N–H and O–H groups in total. The summed E-state index contributed by atoms with van der Waals surface area (Å²) in [7, 11) is 1.76. The summed E-state index contributed by atoms with van der Waals surface area (Å²) in [6, 6.07) is 24.0. The molecule has 0 unspecified atom stereocenters. The van der Waals surface area contributed by atoms with Crippen molar-refractivity contribution in [3.05, 3.63) is 100 Å². The van der Waals surface area contributed by atoms with Crippen LogP contribution in [-0.4, -0.2) is 23.0 Å². The SMILES string of the molecule is CN1C(=S)N(c2ccccc2)C(=O)/C1=C/c1ccc(OCc2ccccc2C#N)c(Cl)c1. The Hall–Kier alpha value is -3.66. The number of thiocarbonyl (C=S) groups is 1. The lowest BCUT2D eigenvalue weighted by molar-refractivity contribution is -0.114. The van der Waals surface area contributed by atoms with E-state index in [1.54, 1.807) is 36.2 Å². The van der Waals surface area contributed by atoms with Crippen molar-refractivity contribution in [3.63, 3.8) is 0 Å². The number of rotatable bonds is 5. The topological polar surface area (TPSA) is 56.6 Å². The number of benzene rings is 3. The second-order valence-electron chi connectivity index (χ2n) is 7.09. The predicted octanol–water partition coefficient (Wildman–Crippen LogP) is 5.40. The number of carbonyl (C=O) groups is 1. The van der Waals surface area contributed by atoms with Crippen molar-refractivity contribution in [1.29, 1.82) is 5.26 Å². The molecule has 158 valence electrons. The number of hydrogen-bond donors (Lipinski definition) is 0. The van der Waals surface area contributed by atoms with Crippen LogP contribution in [0.2, 0.25) is 5.02 Å². The number of amides is 1. The Morgan fingerprint density at radius 2 is 1.81 bits per heavy atom. The molecule has 5 nitrogen and oxygen atoms in total. The highest BCUT2D eigenvalue weighted by atomic mass is 35.5. The number of para-hydroxylation sites is 1. The highest BCUT2D eigenvalue weighted by molar-refractivity contribution is 7.80. The van der Waals surface area contributed by atoms with Crippen molar-refractivity contribution in [2.45, 2.75) is 6.61 Å². The summed E-state index contributed by atoms with van der Waals surface area (Å²) in [6.45, 7) is 0.228. The molecule has 0 bridgehead atoms. The highest BCUT2D eigenvalue weighted by Gasteiger charge is 2.36. The molecule has 0 aliphatic carbocycles. The van der Waals surface area contributed by atoms with Gasteiger partial charge in [0.2, 0.25) is 0 Å². The summed E-state index contributed by atoms with van der Waals surface area (Å²) in [4.78, 5) is 16.2. The lowest BCUT2D eigenvalue weighted by Gasteiger charge is -2.16. The first-order valence-corrected chi connectivity index (χ1v) is 10.6. The summed E-state index contributed by atoms with van der Waals surface area (Å²) < 4.78 is 5.81. The fourth-order valence-corrected chi connectivity index (χ4v) is 3.88. The lowest BCUT2D eigenvalue weighted by atomic mass is 10.1. The second-order valence-corrected chi connectivity index (χ2v) is 7.87. The number of hydrogen-bond acceptors (Lipinski definition) is 4. The van der Waals surface area contributed by atoms with E-state index in [0.29, 0.717) is 27.1 Å². The first kappa shape index (κ1) is 21.6. The monoisotopic (exact) mass is 459 g/mol. The summed E-state index contributed by atoms with van der Waals surface area (Å²) >= 11 is 11.9. The number of carbonyl (C=O) groups excluding carboxylic acids is 1. The van der Waals surface area contributed by atoms with E-state index in [1.807, 2.05) is 54.6 Å². The highest BCUT2D eigenvalue weighted by Crippen LogP contribution is 2.31. The molecular weight excluding hydrogens is 442 g/mol. The third kappa shape index (κ3) is 4.22. The molecule has 7 heteroatoms. The Morgan fingerprint density at radius 1 is 1.09 bits per heavy atom. The van der Waals surface area contributed by atoms with Gasteiger partial charge in [-0.05, 0) is 54.2 Å². The third-order valence-electron chi connectivity index (χ3n) is 5.06. The van der Waals surface area contributed by atoms with Crippen LogP contribution >= 0.6 is 23.8 Å². The van der Waals surface area contributed by atoms with Crippen LogP contribution in [0.1, 0.15) is 16.7 Å². The molecular formula is C25H18ClN3O2S. The molecule has 0 saturated carbocycles. The molecule has 1 saturated heterocycles. The van der Waals surface area contributed by atoms with Crippen LogP contribution in [0, 0.1) is 11.3 Å². The molecule has 0 atom stereocenters. The van der Waals surface area contributed by atoms with Crippen LogP contribution in [0.3, 0.4) is 0 Å². The van der Waals surface area contributed by atoms with Crippen molar-refractivity contribution in [3.8, 4) is 11.8 Å². The van der Waals surface area contributed by atoms with E-state index >= 15 is 0 Å². The molecule has 4 rings (SSSR count). The fraction of sp³-hybridized carbons (Fsp3) is 0.0800. The molecule has 3 aromatic rings. The van der Waals surface area contributed by atoms with Crippen molar-refractivity contribution in [1.82, 2.24) is 4.90 Å². The quantitative estimate of drug-likeness (QED) is 0.378. The van der Waals surface area contributed by atoms with E-state index in [9.17, 15) is 10.1 Å². The van der Waals surface area contributed by atoms with Gasteiger partial charge in [0.05, 0.1) is 22.3 Å². The van der Waals surface area contributed by atoms with Gasteiger partial charge >= 0.3 is 0 Å². The van der Waals surface area contributed by atoms with Gasteiger partial charge < -0.3 is 9.64 Å². The molecule has 1 aliphatic rings. The van der Waals surface area contributed by atoms with Gasteiger partial charge in [0.1, 0.15) is 18.1 Å². The lowest BCUT2D eigenvalue weighted by Crippen LogP contribution is -2.30. The Labute approximate surface area is 196 Å². The molecule has 1 aliphatic heterocycles. The van der Waals surface area contributed by atoms with Crippen molar-refractivity contribution < 1.29 is 9.53 Å². The van der Waals surface area contributed by atoms with Crippen molar-refractivity contribution in [2.75, 3.05) is 11.9 Å². The van der Waals surface area contributed by atoms with Gasteiger partial charge in [-0.1, -0.05) is 54.1 Å². The van der Waals surface area contributed by atoms with Gasteiger partial charge in [0.15, 0.2) is 5.11 Å². The van der Waals surface area contributed by atoms with Crippen LogP contribution in [-0.2, 0) is 11.4 Å². The Balaban J connectivity index is 1.55. The van der Waals surface area contributed by atoms with E-state index in [1.165, 1.54) is 4.90 Å². The van der Waals surface area contributed by atoms with E-state index in [2.05, 4.69) is 6.07 Å². The smallest absolute Gasteiger partial charge is 0.281 e. The molecule has 0 aromatic heterocycles. The Kier molecular flexibility index (Phi) is 6.22. The van der Waals surface area contributed by atoms with Crippen LogP contribution < -0.4 is 9.64 Å². The average Bonchev–Trinajstić information content (AvgIpc) is 3.02. The standard InChI is InChI=1S/C25H18ClN3O2S/c1-28-22(24(30)29(25(28)32)20-9-3-2-4-10-20)14-17-11-12-23(21(26)13-17)31-16-19-8-6-5-7-18(19)15-27/h2-14H,16H2,1H3/b22-14-. The number of likely N-dealkylation sites (N-methyl/N-ethyl adjacent to an activating group) is 1. The Morgan fingerprint density at radius 3 is 2.53 bits per heavy atom. The van der Waals surface area contributed by atoms with Gasteiger partial charge in [0, 0.05) is 12.6 Å². The molecule has 3 aromatic carbocycles. The maximum atomic E-state index is 13.0. The van der Waals surface area contributed by atoms with Gasteiger partial charge in [-0.15, -0.1) is 0 Å². The number of halogens is 1. The molecule has 1 amide bonds. The van der Waals surface area contributed by atoms with Gasteiger partial charge in [-0.25, -0.2) is 0 Å². The number of anilines is 1. The molecule has 1 fully saturated rings. The largest absolute Gasteiger partial charge is 0.487 e. The molecule has 0 spiro atoms. The zero-order valence-electron chi connectivity index (χ0n) is 17.2.